The number of benzene rings is 1. The zero-order chi connectivity index (χ0) is 18.2. The van der Waals surface area contributed by atoms with Crippen LogP contribution in [-0.4, -0.2) is 30.8 Å². The van der Waals surface area contributed by atoms with E-state index in [1.807, 2.05) is 41.8 Å². The maximum Gasteiger partial charge on any atom is 0.315 e. The monoisotopic (exact) mass is 372 g/mol. The van der Waals surface area contributed by atoms with E-state index in [4.69, 9.17) is 9.15 Å². The van der Waals surface area contributed by atoms with Crippen molar-refractivity contribution in [2.45, 2.75) is 5.60 Å². The molecule has 2 aromatic heterocycles. The van der Waals surface area contributed by atoms with E-state index in [2.05, 4.69) is 10.6 Å². The average molecular weight is 372 g/mol. The highest BCUT2D eigenvalue weighted by Gasteiger charge is 2.36. The lowest BCUT2D eigenvalue weighted by Crippen LogP contribution is -2.45. The molecule has 0 spiro atoms. The Morgan fingerprint density at radius 1 is 1.12 bits per heavy atom. The molecule has 1 atom stereocenters. The first-order chi connectivity index (χ1) is 12.7. The molecular weight excluding hydrogens is 352 g/mol. The molecule has 0 aliphatic carbocycles. The molecule has 0 aliphatic rings. The van der Waals surface area contributed by atoms with E-state index < -0.39 is 5.60 Å². The van der Waals surface area contributed by atoms with Gasteiger partial charge in [0.1, 0.15) is 18.1 Å². The average Bonchev–Trinajstić information content (AvgIpc) is 3.38. The third-order valence-electron chi connectivity index (χ3n) is 3.76. The number of nitrogens with one attached hydrogen (secondary N) is 2. The quantitative estimate of drug-likeness (QED) is 0.531. The fourth-order valence-electron chi connectivity index (χ4n) is 2.44. The van der Waals surface area contributed by atoms with Gasteiger partial charge in [-0.15, -0.1) is 11.3 Å². The number of amides is 2. The molecule has 6 nitrogen and oxygen atoms in total. The Morgan fingerprint density at radius 3 is 2.65 bits per heavy atom. The number of carbonyl (C=O) groups excluding carboxylic acids is 1. The highest BCUT2D eigenvalue weighted by atomic mass is 32.1. The minimum Gasteiger partial charge on any atom is -0.492 e. The van der Waals surface area contributed by atoms with Crippen molar-refractivity contribution in [1.82, 2.24) is 10.6 Å². The van der Waals surface area contributed by atoms with Crippen molar-refractivity contribution >= 4 is 17.4 Å². The van der Waals surface area contributed by atoms with Gasteiger partial charge in [0.2, 0.25) is 0 Å². The van der Waals surface area contributed by atoms with Gasteiger partial charge in [-0.1, -0.05) is 24.3 Å². The van der Waals surface area contributed by atoms with Crippen LogP contribution in [0.2, 0.25) is 0 Å². The molecule has 7 heteroatoms. The zero-order valence-electron chi connectivity index (χ0n) is 14.1. The molecule has 1 unspecified atom stereocenters. The van der Waals surface area contributed by atoms with E-state index in [1.54, 1.807) is 18.2 Å². The van der Waals surface area contributed by atoms with Crippen LogP contribution in [0.15, 0.2) is 70.7 Å². The second-order valence-corrected chi connectivity index (χ2v) is 6.53. The Labute approximate surface area is 155 Å². The molecule has 3 aromatic rings. The summed E-state index contributed by atoms with van der Waals surface area (Å²) >= 11 is 1.40. The lowest BCUT2D eigenvalue weighted by Gasteiger charge is -2.25. The molecule has 0 radical (unpaired) electrons. The predicted molar refractivity (Wildman–Crippen MR) is 99.4 cm³/mol. The smallest absolute Gasteiger partial charge is 0.315 e. The molecule has 2 amide bonds. The molecule has 0 fully saturated rings. The summed E-state index contributed by atoms with van der Waals surface area (Å²) in [5, 5.41) is 18.3. The number of ether oxygens (including phenoxy) is 1. The molecule has 3 N–H and O–H groups in total. The van der Waals surface area contributed by atoms with Crippen molar-refractivity contribution in [2.24, 2.45) is 0 Å². The fourth-order valence-corrected chi connectivity index (χ4v) is 3.27. The molecule has 0 saturated heterocycles. The van der Waals surface area contributed by atoms with Crippen LogP contribution in [0.4, 0.5) is 4.79 Å². The molecule has 0 bridgehead atoms. The van der Waals surface area contributed by atoms with Crippen LogP contribution in [0.3, 0.4) is 0 Å². The largest absolute Gasteiger partial charge is 0.492 e. The van der Waals surface area contributed by atoms with Gasteiger partial charge in [0.25, 0.3) is 0 Å². The minimum atomic E-state index is -1.41. The molecular formula is C19H20N2O4S. The number of rotatable bonds is 8. The van der Waals surface area contributed by atoms with Crippen molar-refractivity contribution in [3.05, 3.63) is 76.9 Å². The summed E-state index contributed by atoms with van der Waals surface area (Å²) in [6, 6.07) is 16.0. The van der Waals surface area contributed by atoms with E-state index in [-0.39, 0.29) is 12.6 Å². The summed E-state index contributed by atoms with van der Waals surface area (Å²) in [4.78, 5) is 12.7. The van der Waals surface area contributed by atoms with Crippen LogP contribution >= 0.6 is 11.3 Å². The van der Waals surface area contributed by atoms with Gasteiger partial charge in [0, 0.05) is 4.88 Å². The number of aliphatic hydroxyl groups is 1. The van der Waals surface area contributed by atoms with E-state index in [1.165, 1.54) is 17.6 Å². The molecule has 0 saturated carbocycles. The van der Waals surface area contributed by atoms with Gasteiger partial charge in [-0.25, -0.2) is 4.79 Å². The van der Waals surface area contributed by atoms with Gasteiger partial charge in [-0.05, 0) is 35.7 Å². The summed E-state index contributed by atoms with van der Waals surface area (Å²) in [5.74, 6) is 1.13. The van der Waals surface area contributed by atoms with Gasteiger partial charge in [-0.3, -0.25) is 0 Å². The van der Waals surface area contributed by atoms with Crippen molar-refractivity contribution in [1.29, 1.82) is 0 Å². The maximum absolute atomic E-state index is 12.0. The van der Waals surface area contributed by atoms with Crippen LogP contribution in [0, 0.1) is 0 Å². The summed E-state index contributed by atoms with van der Waals surface area (Å²) in [6.45, 7) is 0.691. The van der Waals surface area contributed by atoms with Crippen LogP contribution < -0.4 is 15.4 Å². The van der Waals surface area contributed by atoms with E-state index >= 15 is 0 Å². The lowest BCUT2D eigenvalue weighted by molar-refractivity contribution is 0.0623. The number of para-hydroxylation sites is 1. The van der Waals surface area contributed by atoms with Gasteiger partial charge in [-0.2, -0.15) is 0 Å². The first-order valence-corrected chi connectivity index (χ1v) is 9.06. The molecule has 26 heavy (non-hydrogen) atoms. The predicted octanol–water partition coefficient (Wildman–Crippen LogP) is 2.96. The number of urea groups is 1. The minimum absolute atomic E-state index is 0.00754. The first kappa shape index (κ1) is 18.0. The topological polar surface area (TPSA) is 83.7 Å². The zero-order valence-corrected chi connectivity index (χ0v) is 14.9. The van der Waals surface area contributed by atoms with E-state index in [0.29, 0.717) is 23.8 Å². The highest BCUT2D eigenvalue weighted by molar-refractivity contribution is 7.10. The molecule has 1 aromatic carbocycles. The number of hydrogen-bond acceptors (Lipinski definition) is 5. The Bertz CT molecular complexity index is 754. The number of carbonyl (C=O) groups is 1. The van der Waals surface area contributed by atoms with Crippen molar-refractivity contribution < 1.29 is 19.1 Å². The SMILES string of the molecule is O=C(NCCOc1ccccc1)NCC(O)(c1ccco1)c1cccs1. The second kappa shape index (κ2) is 8.55. The Balaban J connectivity index is 1.49. The fraction of sp³-hybridized carbons (Fsp3) is 0.211. The molecule has 136 valence electrons. The van der Waals surface area contributed by atoms with Crippen LogP contribution in [0.1, 0.15) is 10.6 Å². The van der Waals surface area contributed by atoms with Crippen LogP contribution in [0.25, 0.3) is 0 Å². The Hall–Kier alpha value is -2.77. The second-order valence-electron chi connectivity index (χ2n) is 5.59. The highest BCUT2D eigenvalue weighted by Crippen LogP contribution is 2.32. The third kappa shape index (κ3) is 4.44. The number of furan rings is 1. The summed E-state index contributed by atoms with van der Waals surface area (Å²) in [7, 11) is 0. The van der Waals surface area contributed by atoms with Gasteiger partial charge >= 0.3 is 6.03 Å². The molecule has 0 aliphatic heterocycles. The first-order valence-electron chi connectivity index (χ1n) is 8.18. The van der Waals surface area contributed by atoms with Crippen molar-refractivity contribution in [2.75, 3.05) is 19.7 Å². The van der Waals surface area contributed by atoms with Gasteiger partial charge in [0.05, 0.1) is 19.4 Å². The molecule has 3 rings (SSSR count). The summed E-state index contributed by atoms with van der Waals surface area (Å²) < 4.78 is 10.9. The van der Waals surface area contributed by atoms with Crippen LogP contribution in [0.5, 0.6) is 5.75 Å². The number of thiophene rings is 1. The summed E-state index contributed by atoms with van der Waals surface area (Å²) in [5.41, 5.74) is -1.41. The van der Waals surface area contributed by atoms with E-state index in [0.717, 1.165) is 5.75 Å². The van der Waals surface area contributed by atoms with Crippen LogP contribution in [-0.2, 0) is 5.60 Å². The van der Waals surface area contributed by atoms with Crippen molar-refractivity contribution in [3.63, 3.8) is 0 Å². The lowest BCUT2D eigenvalue weighted by atomic mass is 9.99. The Kier molecular flexibility index (Phi) is 5.93. The normalized spacial score (nSPS) is 13.0. The molecule has 2 heterocycles. The summed E-state index contributed by atoms with van der Waals surface area (Å²) in [6.07, 6.45) is 1.49. The Morgan fingerprint density at radius 2 is 1.96 bits per heavy atom. The van der Waals surface area contributed by atoms with Crippen molar-refractivity contribution in [3.8, 4) is 5.75 Å². The van der Waals surface area contributed by atoms with E-state index in [9.17, 15) is 9.90 Å². The number of hydrogen-bond donors (Lipinski definition) is 3. The van der Waals surface area contributed by atoms with Gasteiger partial charge < -0.3 is 24.9 Å². The van der Waals surface area contributed by atoms with Gasteiger partial charge in [0.15, 0.2) is 5.60 Å². The third-order valence-corrected chi connectivity index (χ3v) is 4.78. The maximum atomic E-state index is 12.0. The standard InChI is InChI=1S/C19H20N2O4S/c22-18(20-10-12-24-15-6-2-1-3-7-15)21-14-19(23,16-8-4-11-25-16)17-9-5-13-26-17/h1-9,11,13,23H,10,12,14H2,(H2,20,21,22).